The van der Waals surface area contributed by atoms with Crippen molar-refractivity contribution in [2.75, 3.05) is 6.61 Å². The minimum atomic E-state index is -0.727. The molecule has 1 saturated heterocycles. The zero-order valence-corrected chi connectivity index (χ0v) is 13.5. The highest BCUT2D eigenvalue weighted by molar-refractivity contribution is 5.69. The molecule has 1 aliphatic heterocycles. The molecule has 3 atom stereocenters. The molecule has 2 rings (SSSR count). The number of esters is 2. The molecule has 0 bridgehead atoms. The molecule has 0 aliphatic carbocycles. The smallest absolute Gasteiger partial charge is 0.330 e. The Hall–Kier alpha value is -2.42. The quantitative estimate of drug-likeness (QED) is 0.730. The SMILES string of the molecule is CCC(=O)OC[C@@H]1O[C@@H](n2ccc(=O)[nH]c2=O)C[C@H]1OC(=O)CC. The molecule has 0 spiro atoms. The Labute approximate surface area is 137 Å². The summed E-state index contributed by atoms with van der Waals surface area (Å²) in [4.78, 5) is 48.0. The second kappa shape index (κ2) is 7.91. The average molecular weight is 340 g/mol. The summed E-state index contributed by atoms with van der Waals surface area (Å²) in [6.07, 6.45) is -0.118. The first-order valence-electron chi connectivity index (χ1n) is 7.76. The molecule has 24 heavy (non-hydrogen) atoms. The molecule has 1 aliphatic rings. The summed E-state index contributed by atoms with van der Waals surface area (Å²) >= 11 is 0. The standard InChI is InChI=1S/C15H20N2O7/c1-3-13(19)22-8-10-9(24-14(20)4-2)7-12(23-10)17-6-5-11(18)16-15(17)21/h5-6,9-10,12H,3-4,7-8H2,1-2H3,(H,16,18,21)/t9-,10+,12-/m1/s1. The number of aromatic nitrogens is 2. The van der Waals surface area contributed by atoms with Crippen molar-refractivity contribution in [2.24, 2.45) is 0 Å². The molecule has 1 N–H and O–H groups in total. The Morgan fingerprint density at radius 1 is 1.29 bits per heavy atom. The van der Waals surface area contributed by atoms with Crippen molar-refractivity contribution in [1.29, 1.82) is 0 Å². The van der Waals surface area contributed by atoms with Gasteiger partial charge in [-0.05, 0) is 0 Å². The van der Waals surface area contributed by atoms with E-state index in [9.17, 15) is 19.2 Å². The minimum Gasteiger partial charge on any atom is -0.463 e. The van der Waals surface area contributed by atoms with Gasteiger partial charge in [0.1, 0.15) is 25.0 Å². The number of aromatic amines is 1. The van der Waals surface area contributed by atoms with Crippen LogP contribution in [0.1, 0.15) is 39.3 Å². The molecule has 0 aromatic carbocycles. The number of H-pyrrole nitrogens is 1. The van der Waals surface area contributed by atoms with Gasteiger partial charge in [0, 0.05) is 31.5 Å². The summed E-state index contributed by atoms with van der Waals surface area (Å²) in [6.45, 7) is 3.24. The Kier molecular flexibility index (Phi) is 5.91. The number of hydrogen-bond donors (Lipinski definition) is 1. The number of nitrogens with one attached hydrogen (secondary N) is 1. The van der Waals surface area contributed by atoms with E-state index in [2.05, 4.69) is 4.98 Å². The van der Waals surface area contributed by atoms with Crippen LogP contribution in [-0.4, -0.2) is 40.3 Å². The Morgan fingerprint density at radius 2 is 2.00 bits per heavy atom. The van der Waals surface area contributed by atoms with Crippen molar-refractivity contribution in [3.8, 4) is 0 Å². The number of ether oxygens (including phenoxy) is 3. The van der Waals surface area contributed by atoms with Crippen molar-refractivity contribution in [1.82, 2.24) is 9.55 Å². The fourth-order valence-electron chi connectivity index (χ4n) is 2.33. The monoisotopic (exact) mass is 340 g/mol. The van der Waals surface area contributed by atoms with Gasteiger partial charge in [-0.2, -0.15) is 0 Å². The summed E-state index contributed by atoms with van der Waals surface area (Å²) in [5, 5.41) is 0. The Bertz CT molecular complexity index is 708. The van der Waals surface area contributed by atoms with Crippen LogP contribution in [0.15, 0.2) is 21.9 Å². The van der Waals surface area contributed by atoms with Crippen LogP contribution in [0.4, 0.5) is 0 Å². The van der Waals surface area contributed by atoms with Crippen LogP contribution in [-0.2, 0) is 23.8 Å². The molecule has 1 aromatic heterocycles. The van der Waals surface area contributed by atoms with Gasteiger partial charge < -0.3 is 14.2 Å². The predicted molar refractivity (Wildman–Crippen MR) is 81.3 cm³/mol. The van der Waals surface area contributed by atoms with Crippen LogP contribution in [0.25, 0.3) is 0 Å². The van der Waals surface area contributed by atoms with Gasteiger partial charge in [-0.25, -0.2) is 4.79 Å². The number of nitrogens with zero attached hydrogens (tertiary/aromatic N) is 1. The van der Waals surface area contributed by atoms with Crippen LogP contribution in [0.5, 0.6) is 0 Å². The van der Waals surface area contributed by atoms with Crippen LogP contribution in [0, 0.1) is 0 Å². The molecular formula is C15H20N2O7. The van der Waals surface area contributed by atoms with Crippen molar-refractivity contribution < 1.29 is 23.8 Å². The fraction of sp³-hybridized carbons (Fsp3) is 0.600. The van der Waals surface area contributed by atoms with E-state index in [1.165, 1.54) is 16.8 Å². The molecule has 0 unspecified atom stereocenters. The fourth-order valence-corrected chi connectivity index (χ4v) is 2.33. The second-order valence-corrected chi connectivity index (χ2v) is 5.30. The highest BCUT2D eigenvalue weighted by Crippen LogP contribution is 2.30. The second-order valence-electron chi connectivity index (χ2n) is 5.30. The third-order valence-electron chi connectivity index (χ3n) is 3.61. The lowest BCUT2D eigenvalue weighted by Gasteiger charge is -2.18. The highest BCUT2D eigenvalue weighted by Gasteiger charge is 2.39. The first-order chi connectivity index (χ1) is 11.4. The van der Waals surface area contributed by atoms with E-state index in [4.69, 9.17) is 14.2 Å². The van der Waals surface area contributed by atoms with E-state index in [-0.39, 0.29) is 25.9 Å². The van der Waals surface area contributed by atoms with Gasteiger partial charge in [-0.1, -0.05) is 13.8 Å². The molecule has 1 aromatic rings. The number of carbonyl (C=O) groups is 2. The summed E-state index contributed by atoms with van der Waals surface area (Å²) < 4.78 is 17.3. The zero-order chi connectivity index (χ0) is 17.7. The maximum Gasteiger partial charge on any atom is 0.330 e. The molecule has 132 valence electrons. The highest BCUT2D eigenvalue weighted by atomic mass is 16.6. The van der Waals surface area contributed by atoms with Gasteiger partial charge in [-0.15, -0.1) is 0 Å². The summed E-state index contributed by atoms with van der Waals surface area (Å²) in [5.41, 5.74) is -1.14. The zero-order valence-electron chi connectivity index (χ0n) is 13.5. The van der Waals surface area contributed by atoms with Crippen molar-refractivity contribution in [3.63, 3.8) is 0 Å². The normalized spacial score (nSPS) is 23.0. The molecule has 9 nitrogen and oxygen atoms in total. The number of hydrogen-bond acceptors (Lipinski definition) is 7. The average Bonchev–Trinajstić information content (AvgIpc) is 2.94. The first-order valence-corrected chi connectivity index (χ1v) is 7.76. The molecule has 1 fully saturated rings. The Morgan fingerprint density at radius 3 is 2.62 bits per heavy atom. The molecular weight excluding hydrogens is 320 g/mol. The maximum absolute atomic E-state index is 11.9. The van der Waals surface area contributed by atoms with Gasteiger partial charge in [-0.3, -0.25) is 23.9 Å². The van der Waals surface area contributed by atoms with Crippen molar-refractivity contribution in [3.05, 3.63) is 33.1 Å². The van der Waals surface area contributed by atoms with Crippen LogP contribution in [0.2, 0.25) is 0 Å². The summed E-state index contributed by atoms with van der Waals surface area (Å²) in [5.74, 6) is -0.811. The lowest BCUT2D eigenvalue weighted by atomic mass is 10.2. The van der Waals surface area contributed by atoms with Gasteiger partial charge in [0.2, 0.25) is 0 Å². The van der Waals surface area contributed by atoms with Crippen molar-refractivity contribution >= 4 is 11.9 Å². The van der Waals surface area contributed by atoms with Crippen molar-refractivity contribution in [2.45, 2.75) is 51.5 Å². The number of rotatable bonds is 6. The van der Waals surface area contributed by atoms with E-state index in [0.717, 1.165) is 0 Å². The van der Waals surface area contributed by atoms with Gasteiger partial charge >= 0.3 is 17.6 Å². The van der Waals surface area contributed by atoms with E-state index in [1.807, 2.05) is 0 Å². The number of carbonyl (C=O) groups excluding carboxylic acids is 2. The third-order valence-corrected chi connectivity index (χ3v) is 3.61. The van der Waals surface area contributed by atoms with Crippen LogP contribution in [0.3, 0.4) is 0 Å². The minimum absolute atomic E-state index is 0.0804. The molecule has 0 amide bonds. The maximum atomic E-state index is 11.9. The van der Waals surface area contributed by atoms with Gasteiger partial charge in [0.25, 0.3) is 5.56 Å². The largest absolute Gasteiger partial charge is 0.463 e. The van der Waals surface area contributed by atoms with E-state index in [0.29, 0.717) is 0 Å². The summed E-state index contributed by atoms with van der Waals surface area (Å²) in [7, 11) is 0. The molecule has 0 saturated carbocycles. The topological polar surface area (TPSA) is 117 Å². The molecule has 9 heteroatoms. The first kappa shape index (κ1) is 17.9. The van der Waals surface area contributed by atoms with Gasteiger partial charge in [0.05, 0.1) is 0 Å². The Balaban J connectivity index is 2.15. The van der Waals surface area contributed by atoms with E-state index >= 15 is 0 Å². The predicted octanol–water partition coefficient (Wildman–Crippen LogP) is 0.0991. The molecule has 0 radical (unpaired) electrons. The van der Waals surface area contributed by atoms with Crippen LogP contribution < -0.4 is 11.2 Å². The van der Waals surface area contributed by atoms with E-state index in [1.54, 1.807) is 13.8 Å². The van der Waals surface area contributed by atoms with E-state index < -0.39 is 41.6 Å². The third kappa shape index (κ3) is 4.31. The van der Waals surface area contributed by atoms with Crippen LogP contribution >= 0.6 is 0 Å². The lowest BCUT2D eigenvalue weighted by Crippen LogP contribution is -2.32. The lowest BCUT2D eigenvalue weighted by molar-refractivity contribution is -0.157. The molecule has 2 heterocycles. The summed E-state index contributed by atoms with van der Waals surface area (Å²) in [6, 6.07) is 1.20. The van der Waals surface area contributed by atoms with Gasteiger partial charge in [0.15, 0.2) is 0 Å².